The van der Waals surface area contributed by atoms with Crippen molar-refractivity contribution >= 4 is 29.1 Å². The average molecular weight is 396 g/mol. The van der Waals surface area contributed by atoms with Crippen molar-refractivity contribution in [3.05, 3.63) is 70.9 Å². The van der Waals surface area contributed by atoms with Gasteiger partial charge >= 0.3 is 5.97 Å². The van der Waals surface area contributed by atoms with Crippen LogP contribution in [0.15, 0.2) is 54.6 Å². The molecule has 0 unspecified atom stereocenters. The molecule has 0 saturated heterocycles. The number of hydrogen-bond donors (Lipinski definition) is 1. The highest BCUT2D eigenvalue weighted by Crippen LogP contribution is 2.23. The largest absolute Gasteiger partial charge is 0.466 e. The van der Waals surface area contributed by atoms with Gasteiger partial charge in [-0.1, -0.05) is 42.8 Å². The van der Waals surface area contributed by atoms with E-state index in [1.54, 1.807) is 6.92 Å². The first kappa shape index (κ1) is 19.8. The molecule has 1 heterocycles. The number of anilines is 2. The van der Waals surface area contributed by atoms with E-state index in [1.807, 2.05) is 54.6 Å². The highest BCUT2D eigenvalue weighted by atomic mass is 35.5. The smallest absolute Gasteiger partial charge is 0.310 e. The van der Waals surface area contributed by atoms with Crippen molar-refractivity contribution in [3.8, 4) is 11.4 Å². The summed E-state index contributed by atoms with van der Waals surface area (Å²) in [6.07, 6.45) is 1.06. The molecule has 0 aliphatic rings. The van der Waals surface area contributed by atoms with Crippen molar-refractivity contribution in [1.29, 1.82) is 0 Å². The summed E-state index contributed by atoms with van der Waals surface area (Å²) < 4.78 is 4.98. The van der Waals surface area contributed by atoms with E-state index in [0.29, 0.717) is 23.3 Å². The lowest BCUT2D eigenvalue weighted by atomic mass is 10.1. The van der Waals surface area contributed by atoms with Crippen LogP contribution < -0.4 is 5.32 Å². The van der Waals surface area contributed by atoms with E-state index in [0.717, 1.165) is 28.9 Å². The lowest BCUT2D eigenvalue weighted by molar-refractivity contribution is -0.142. The van der Waals surface area contributed by atoms with Crippen LogP contribution in [0, 0.1) is 0 Å². The molecular formula is C22H22ClN3O2. The first-order chi connectivity index (χ1) is 13.6. The number of ether oxygens (including phenoxy) is 1. The summed E-state index contributed by atoms with van der Waals surface area (Å²) in [6.45, 7) is 4.24. The standard InChI is InChI=1S/C22H22ClN3O2/c1-3-18-14-20(26-22(25-18)16-6-5-7-17(23)13-16)24-19-10-8-15(9-11-19)12-21(27)28-4-2/h5-11,13-14H,3-4,12H2,1-2H3,(H,24,25,26). The maximum absolute atomic E-state index is 11.6. The number of aryl methyl sites for hydroxylation is 1. The van der Waals surface area contributed by atoms with Gasteiger partial charge in [-0.2, -0.15) is 0 Å². The van der Waals surface area contributed by atoms with Gasteiger partial charge in [-0.05, 0) is 43.2 Å². The average Bonchev–Trinajstić information content (AvgIpc) is 2.69. The number of carbonyl (C=O) groups is 1. The van der Waals surface area contributed by atoms with Gasteiger partial charge in [-0.25, -0.2) is 9.97 Å². The molecule has 0 radical (unpaired) electrons. The van der Waals surface area contributed by atoms with E-state index in [2.05, 4.69) is 22.2 Å². The molecule has 28 heavy (non-hydrogen) atoms. The molecular weight excluding hydrogens is 374 g/mol. The summed E-state index contributed by atoms with van der Waals surface area (Å²) in [7, 11) is 0. The second-order valence-corrected chi connectivity index (χ2v) is 6.67. The molecule has 0 fully saturated rings. The molecule has 1 N–H and O–H groups in total. The fraction of sp³-hybridized carbons (Fsp3) is 0.227. The molecule has 0 bridgehead atoms. The molecule has 0 saturated carbocycles. The Morgan fingerprint density at radius 3 is 2.54 bits per heavy atom. The Hall–Kier alpha value is -2.92. The minimum absolute atomic E-state index is 0.224. The van der Waals surface area contributed by atoms with Gasteiger partial charge < -0.3 is 10.1 Å². The number of aromatic nitrogens is 2. The maximum atomic E-state index is 11.6. The number of halogens is 1. The Balaban J connectivity index is 1.80. The van der Waals surface area contributed by atoms with E-state index < -0.39 is 0 Å². The predicted octanol–water partition coefficient (Wildman–Crippen LogP) is 5.21. The lowest BCUT2D eigenvalue weighted by Crippen LogP contribution is -2.07. The summed E-state index contributed by atoms with van der Waals surface area (Å²) in [5, 5.41) is 3.96. The summed E-state index contributed by atoms with van der Waals surface area (Å²) >= 11 is 6.10. The molecule has 5 nitrogen and oxygen atoms in total. The van der Waals surface area contributed by atoms with Crippen LogP contribution in [0.2, 0.25) is 5.02 Å². The second kappa shape index (κ2) is 9.33. The molecule has 144 valence electrons. The summed E-state index contributed by atoms with van der Waals surface area (Å²) in [5.74, 6) is 1.11. The Labute approximate surface area is 169 Å². The minimum atomic E-state index is -0.224. The van der Waals surface area contributed by atoms with Crippen molar-refractivity contribution < 1.29 is 9.53 Å². The SMILES string of the molecule is CCOC(=O)Cc1ccc(Nc2cc(CC)nc(-c3cccc(Cl)c3)n2)cc1. The van der Waals surface area contributed by atoms with Crippen LogP contribution >= 0.6 is 11.6 Å². The van der Waals surface area contributed by atoms with Gasteiger partial charge in [-0.3, -0.25) is 4.79 Å². The zero-order valence-electron chi connectivity index (χ0n) is 15.9. The number of carbonyl (C=O) groups excluding carboxylic acids is 1. The third-order valence-corrected chi connectivity index (χ3v) is 4.34. The molecule has 0 amide bonds. The Kier molecular flexibility index (Phi) is 6.61. The van der Waals surface area contributed by atoms with Gasteiger partial charge in [0.25, 0.3) is 0 Å². The fourth-order valence-corrected chi connectivity index (χ4v) is 2.92. The molecule has 6 heteroatoms. The molecule has 3 rings (SSSR count). The Bertz CT molecular complexity index is 958. The van der Waals surface area contributed by atoms with Crippen molar-refractivity contribution in [3.63, 3.8) is 0 Å². The van der Waals surface area contributed by atoms with E-state index in [1.165, 1.54) is 0 Å². The molecule has 2 aromatic carbocycles. The topological polar surface area (TPSA) is 64.1 Å². The van der Waals surface area contributed by atoms with Crippen molar-refractivity contribution in [2.24, 2.45) is 0 Å². The number of rotatable bonds is 7. The third kappa shape index (κ3) is 5.30. The zero-order valence-corrected chi connectivity index (χ0v) is 16.7. The highest BCUT2D eigenvalue weighted by molar-refractivity contribution is 6.30. The number of nitrogens with one attached hydrogen (secondary N) is 1. The lowest BCUT2D eigenvalue weighted by Gasteiger charge is -2.10. The monoisotopic (exact) mass is 395 g/mol. The zero-order chi connectivity index (χ0) is 19.9. The summed E-state index contributed by atoms with van der Waals surface area (Å²) in [5.41, 5.74) is 3.59. The molecule has 1 aromatic heterocycles. The van der Waals surface area contributed by atoms with E-state index >= 15 is 0 Å². The van der Waals surface area contributed by atoms with Crippen molar-refractivity contribution in [2.75, 3.05) is 11.9 Å². The predicted molar refractivity (Wildman–Crippen MR) is 112 cm³/mol. The molecule has 3 aromatic rings. The van der Waals surface area contributed by atoms with Crippen molar-refractivity contribution in [2.45, 2.75) is 26.7 Å². The van der Waals surface area contributed by atoms with Gasteiger partial charge in [0.2, 0.25) is 0 Å². The summed E-state index contributed by atoms with van der Waals surface area (Å²) in [4.78, 5) is 20.8. The van der Waals surface area contributed by atoms with Crippen LogP contribution in [0.5, 0.6) is 0 Å². The van der Waals surface area contributed by atoms with E-state index in [-0.39, 0.29) is 12.4 Å². The van der Waals surface area contributed by atoms with Crippen LogP contribution in [0.25, 0.3) is 11.4 Å². The minimum Gasteiger partial charge on any atom is -0.466 e. The van der Waals surface area contributed by atoms with Crippen LogP contribution in [0.4, 0.5) is 11.5 Å². The van der Waals surface area contributed by atoms with E-state index in [4.69, 9.17) is 16.3 Å². The van der Waals surface area contributed by atoms with Gasteiger partial charge in [0.15, 0.2) is 5.82 Å². The van der Waals surface area contributed by atoms with Gasteiger partial charge in [0.1, 0.15) is 5.82 Å². The quantitative estimate of drug-likeness (QED) is 0.556. The molecule has 0 spiro atoms. The molecule has 0 aliphatic carbocycles. The number of esters is 1. The highest BCUT2D eigenvalue weighted by Gasteiger charge is 2.08. The fourth-order valence-electron chi connectivity index (χ4n) is 2.73. The Morgan fingerprint density at radius 2 is 1.86 bits per heavy atom. The van der Waals surface area contributed by atoms with Gasteiger partial charge in [0, 0.05) is 28.0 Å². The van der Waals surface area contributed by atoms with E-state index in [9.17, 15) is 4.79 Å². The van der Waals surface area contributed by atoms with Crippen LogP contribution in [0.3, 0.4) is 0 Å². The number of benzene rings is 2. The number of nitrogens with zero attached hydrogens (tertiary/aromatic N) is 2. The first-order valence-corrected chi connectivity index (χ1v) is 9.60. The Morgan fingerprint density at radius 1 is 1.07 bits per heavy atom. The number of hydrogen-bond acceptors (Lipinski definition) is 5. The van der Waals surface area contributed by atoms with Crippen LogP contribution in [-0.2, 0) is 22.4 Å². The van der Waals surface area contributed by atoms with Crippen LogP contribution in [-0.4, -0.2) is 22.5 Å². The van der Waals surface area contributed by atoms with Crippen LogP contribution in [0.1, 0.15) is 25.1 Å². The maximum Gasteiger partial charge on any atom is 0.310 e. The second-order valence-electron chi connectivity index (χ2n) is 6.24. The molecule has 0 aliphatic heterocycles. The first-order valence-electron chi connectivity index (χ1n) is 9.23. The van der Waals surface area contributed by atoms with Gasteiger partial charge in [-0.15, -0.1) is 0 Å². The van der Waals surface area contributed by atoms with Gasteiger partial charge in [0.05, 0.1) is 13.0 Å². The van der Waals surface area contributed by atoms with Crippen molar-refractivity contribution in [1.82, 2.24) is 9.97 Å². The summed E-state index contributed by atoms with van der Waals surface area (Å²) in [6, 6.07) is 17.1. The normalized spacial score (nSPS) is 10.5. The molecule has 0 atom stereocenters. The third-order valence-electron chi connectivity index (χ3n) is 4.10.